The number of rotatable bonds is 4. The molecule has 0 aromatic carbocycles. The van der Waals surface area contributed by atoms with Gasteiger partial charge in [0.2, 0.25) is 0 Å². The number of carbonyl (C=O) groups excluding carboxylic acids is 2. The van der Waals surface area contributed by atoms with Gasteiger partial charge >= 0.3 is 11.8 Å². The number of amides is 2. The minimum atomic E-state index is -0.601. The van der Waals surface area contributed by atoms with E-state index in [1.165, 1.54) is 6.42 Å². The second-order valence-corrected chi connectivity index (χ2v) is 4.67. The van der Waals surface area contributed by atoms with Crippen LogP contribution >= 0.6 is 0 Å². The molecule has 2 unspecified atom stereocenters. The number of aliphatic hydroxyl groups is 1. The lowest BCUT2D eigenvalue weighted by molar-refractivity contribution is -0.140. The van der Waals surface area contributed by atoms with Crippen LogP contribution in [0.15, 0.2) is 0 Å². The molecule has 17 heavy (non-hydrogen) atoms. The molecule has 1 aliphatic rings. The van der Waals surface area contributed by atoms with E-state index in [2.05, 4.69) is 17.6 Å². The molecule has 5 nitrogen and oxygen atoms in total. The van der Waals surface area contributed by atoms with Gasteiger partial charge in [0.1, 0.15) is 0 Å². The van der Waals surface area contributed by atoms with Crippen molar-refractivity contribution in [1.82, 2.24) is 10.6 Å². The Morgan fingerprint density at radius 2 is 1.94 bits per heavy atom. The lowest BCUT2D eigenvalue weighted by Gasteiger charge is -2.29. The van der Waals surface area contributed by atoms with Gasteiger partial charge in [0.25, 0.3) is 0 Å². The summed E-state index contributed by atoms with van der Waals surface area (Å²) in [5.74, 6) is -0.712. The van der Waals surface area contributed by atoms with Crippen LogP contribution in [0.25, 0.3) is 0 Å². The van der Waals surface area contributed by atoms with E-state index in [0.29, 0.717) is 18.9 Å². The molecule has 2 amide bonds. The van der Waals surface area contributed by atoms with E-state index in [1.54, 1.807) is 0 Å². The van der Waals surface area contributed by atoms with Crippen molar-refractivity contribution in [3.05, 3.63) is 0 Å². The molecule has 0 radical (unpaired) electrons. The standard InChI is InChI=1S/C12H22N2O3/c1-9-5-2-3-6-10(9)14-12(17)11(16)13-7-4-8-15/h9-10,15H,2-8H2,1H3,(H,13,16)(H,14,17). The fourth-order valence-corrected chi connectivity index (χ4v) is 2.13. The van der Waals surface area contributed by atoms with Crippen molar-refractivity contribution in [2.45, 2.75) is 45.1 Å². The van der Waals surface area contributed by atoms with Crippen molar-refractivity contribution in [1.29, 1.82) is 0 Å². The summed E-state index contributed by atoms with van der Waals surface area (Å²) in [7, 11) is 0. The smallest absolute Gasteiger partial charge is 0.309 e. The van der Waals surface area contributed by atoms with Crippen LogP contribution in [0.1, 0.15) is 39.0 Å². The second-order valence-electron chi connectivity index (χ2n) is 4.67. The van der Waals surface area contributed by atoms with E-state index in [9.17, 15) is 9.59 Å². The summed E-state index contributed by atoms with van der Waals surface area (Å²) in [5.41, 5.74) is 0. The summed E-state index contributed by atoms with van der Waals surface area (Å²) < 4.78 is 0. The van der Waals surface area contributed by atoms with Gasteiger partial charge in [-0.25, -0.2) is 0 Å². The molecule has 0 bridgehead atoms. The van der Waals surface area contributed by atoms with Gasteiger partial charge in [0.15, 0.2) is 0 Å². The number of hydrogen-bond donors (Lipinski definition) is 3. The molecular formula is C12H22N2O3. The van der Waals surface area contributed by atoms with E-state index in [-0.39, 0.29) is 12.6 Å². The number of carbonyl (C=O) groups is 2. The maximum absolute atomic E-state index is 11.6. The third kappa shape index (κ3) is 4.73. The largest absolute Gasteiger partial charge is 0.396 e. The Hall–Kier alpha value is -1.10. The fourth-order valence-electron chi connectivity index (χ4n) is 2.13. The highest BCUT2D eigenvalue weighted by molar-refractivity contribution is 6.35. The fraction of sp³-hybridized carbons (Fsp3) is 0.833. The zero-order valence-corrected chi connectivity index (χ0v) is 10.4. The minimum absolute atomic E-state index is 0.0154. The van der Waals surface area contributed by atoms with Crippen molar-refractivity contribution in [2.75, 3.05) is 13.2 Å². The van der Waals surface area contributed by atoms with E-state index in [1.807, 2.05) is 0 Å². The first-order valence-corrected chi connectivity index (χ1v) is 6.34. The highest BCUT2D eigenvalue weighted by Crippen LogP contribution is 2.23. The summed E-state index contributed by atoms with van der Waals surface area (Å²) in [6, 6.07) is 0.125. The van der Waals surface area contributed by atoms with Crippen molar-refractivity contribution in [3.8, 4) is 0 Å². The number of nitrogens with one attached hydrogen (secondary N) is 2. The molecule has 1 aliphatic carbocycles. The normalized spacial score (nSPS) is 24.1. The van der Waals surface area contributed by atoms with Gasteiger partial charge in [-0.3, -0.25) is 9.59 Å². The van der Waals surface area contributed by atoms with Crippen LogP contribution in [-0.2, 0) is 9.59 Å². The van der Waals surface area contributed by atoms with Crippen LogP contribution in [0.4, 0.5) is 0 Å². The molecule has 1 rings (SSSR count). The summed E-state index contributed by atoms with van der Waals surface area (Å²) in [5, 5.41) is 13.8. The van der Waals surface area contributed by atoms with Gasteiger partial charge in [-0.15, -0.1) is 0 Å². The number of hydrogen-bond acceptors (Lipinski definition) is 3. The highest BCUT2D eigenvalue weighted by Gasteiger charge is 2.25. The molecule has 98 valence electrons. The molecule has 5 heteroatoms. The van der Waals surface area contributed by atoms with Gasteiger partial charge in [-0.05, 0) is 25.2 Å². The third-order valence-corrected chi connectivity index (χ3v) is 3.25. The minimum Gasteiger partial charge on any atom is -0.396 e. The van der Waals surface area contributed by atoms with Crippen molar-refractivity contribution in [2.24, 2.45) is 5.92 Å². The van der Waals surface area contributed by atoms with Crippen LogP contribution in [0.3, 0.4) is 0 Å². The zero-order chi connectivity index (χ0) is 12.7. The first-order chi connectivity index (χ1) is 8.15. The zero-order valence-electron chi connectivity index (χ0n) is 10.4. The average molecular weight is 242 g/mol. The lowest BCUT2D eigenvalue weighted by atomic mass is 9.86. The predicted molar refractivity (Wildman–Crippen MR) is 64.3 cm³/mol. The van der Waals surface area contributed by atoms with Gasteiger partial charge in [-0.1, -0.05) is 19.8 Å². The van der Waals surface area contributed by atoms with E-state index in [4.69, 9.17) is 5.11 Å². The van der Waals surface area contributed by atoms with Crippen LogP contribution < -0.4 is 10.6 Å². The Bertz CT molecular complexity index is 268. The Morgan fingerprint density at radius 1 is 1.24 bits per heavy atom. The van der Waals surface area contributed by atoms with Crippen LogP contribution in [-0.4, -0.2) is 36.1 Å². The Morgan fingerprint density at radius 3 is 2.59 bits per heavy atom. The van der Waals surface area contributed by atoms with Crippen molar-refractivity contribution < 1.29 is 14.7 Å². The van der Waals surface area contributed by atoms with Crippen LogP contribution in [0.5, 0.6) is 0 Å². The van der Waals surface area contributed by atoms with Gasteiger partial charge < -0.3 is 15.7 Å². The molecule has 0 saturated heterocycles. The summed E-state index contributed by atoms with van der Waals surface area (Å²) in [4.78, 5) is 23.0. The lowest BCUT2D eigenvalue weighted by Crippen LogP contribution is -2.47. The molecule has 0 aromatic heterocycles. The van der Waals surface area contributed by atoms with Gasteiger partial charge in [-0.2, -0.15) is 0 Å². The SMILES string of the molecule is CC1CCCCC1NC(=O)C(=O)NCCCO. The van der Waals surface area contributed by atoms with E-state index >= 15 is 0 Å². The van der Waals surface area contributed by atoms with E-state index < -0.39 is 11.8 Å². The molecule has 2 atom stereocenters. The highest BCUT2D eigenvalue weighted by atomic mass is 16.3. The Kier molecular flexibility index (Phi) is 5.97. The first kappa shape index (κ1) is 14.0. The molecular weight excluding hydrogens is 220 g/mol. The molecule has 0 heterocycles. The predicted octanol–water partition coefficient (Wildman–Crippen LogP) is 0.180. The van der Waals surface area contributed by atoms with E-state index in [0.717, 1.165) is 19.3 Å². The van der Waals surface area contributed by atoms with Gasteiger partial charge in [0.05, 0.1) is 0 Å². The third-order valence-electron chi connectivity index (χ3n) is 3.25. The Labute approximate surface area is 102 Å². The second kappa shape index (κ2) is 7.27. The van der Waals surface area contributed by atoms with Gasteiger partial charge in [0, 0.05) is 19.2 Å². The molecule has 3 N–H and O–H groups in total. The molecule has 1 fully saturated rings. The Balaban J connectivity index is 2.29. The maximum atomic E-state index is 11.6. The topological polar surface area (TPSA) is 78.4 Å². The van der Waals surface area contributed by atoms with Crippen LogP contribution in [0, 0.1) is 5.92 Å². The maximum Gasteiger partial charge on any atom is 0.309 e. The molecule has 0 aliphatic heterocycles. The monoisotopic (exact) mass is 242 g/mol. The average Bonchev–Trinajstić information content (AvgIpc) is 2.32. The summed E-state index contributed by atoms with van der Waals surface area (Å²) >= 11 is 0. The quantitative estimate of drug-likeness (QED) is 0.486. The number of aliphatic hydroxyl groups excluding tert-OH is 1. The van der Waals surface area contributed by atoms with Crippen molar-refractivity contribution >= 4 is 11.8 Å². The van der Waals surface area contributed by atoms with Crippen molar-refractivity contribution in [3.63, 3.8) is 0 Å². The summed E-state index contributed by atoms with van der Waals surface area (Å²) in [6.07, 6.45) is 4.85. The summed E-state index contributed by atoms with van der Waals surface area (Å²) in [6.45, 7) is 2.46. The molecule has 1 saturated carbocycles. The first-order valence-electron chi connectivity index (χ1n) is 6.34. The van der Waals surface area contributed by atoms with Crippen LogP contribution in [0.2, 0.25) is 0 Å². The molecule has 0 spiro atoms. The molecule has 0 aromatic rings.